The first-order valence-electron chi connectivity index (χ1n) is 8.90. The zero-order valence-corrected chi connectivity index (χ0v) is 14.4. The number of hydrogen-bond donors (Lipinski definition) is 1. The average molecular weight is 327 g/mol. The molecule has 0 unspecified atom stereocenters. The van der Waals surface area contributed by atoms with Gasteiger partial charge in [-0.25, -0.2) is 9.97 Å². The summed E-state index contributed by atoms with van der Waals surface area (Å²) in [4.78, 5) is 11.3. The monoisotopic (exact) mass is 327 g/mol. The van der Waals surface area contributed by atoms with E-state index in [9.17, 15) is 5.11 Å². The van der Waals surface area contributed by atoms with Crippen LogP contribution >= 0.6 is 0 Å². The molecule has 1 aliphatic heterocycles. The van der Waals surface area contributed by atoms with E-state index in [4.69, 9.17) is 4.74 Å². The first kappa shape index (κ1) is 15.8. The highest BCUT2D eigenvalue weighted by Crippen LogP contribution is 2.51. The van der Waals surface area contributed by atoms with Crippen molar-refractivity contribution in [1.82, 2.24) is 9.97 Å². The maximum Gasteiger partial charge on any atom is 0.139 e. The van der Waals surface area contributed by atoms with Crippen molar-refractivity contribution in [3.05, 3.63) is 30.1 Å². The van der Waals surface area contributed by atoms with Gasteiger partial charge in [0.05, 0.1) is 17.7 Å². The summed E-state index contributed by atoms with van der Waals surface area (Å²) in [6.07, 6.45) is 4.34. The van der Waals surface area contributed by atoms with Crippen molar-refractivity contribution in [2.45, 2.75) is 45.3 Å². The Hall–Kier alpha value is -1.72. The van der Waals surface area contributed by atoms with Gasteiger partial charge in [-0.3, -0.25) is 0 Å². The van der Waals surface area contributed by atoms with E-state index in [0.717, 1.165) is 55.7 Å². The fourth-order valence-electron chi connectivity index (χ4n) is 4.43. The summed E-state index contributed by atoms with van der Waals surface area (Å²) in [5, 5.41) is 11.5. The number of rotatable bonds is 3. The molecule has 5 nitrogen and oxygen atoms in total. The minimum atomic E-state index is -0.222. The van der Waals surface area contributed by atoms with Crippen LogP contribution in [0.15, 0.2) is 24.5 Å². The van der Waals surface area contributed by atoms with Crippen LogP contribution in [0.4, 0.5) is 5.82 Å². The zero-order chi connectivity index (χ0) is 16.7. The summed E-state index contributed by atoms with van der Waals surface area (Å²) in [6, 6.07) is 6.25. The molecule has 1 aromatic heterocycles. The molecule has 4 rings (SSSR count). The number of benzene rings is 1. The van der Waals surface area contributed by atoms with E-state index in [1.54, 1.807) is 6.33 Å². The van der Waals surface area contributed by atoms with Gasteiger partial charge in [0.1, 0.15) is 12.1 Å². The van der Waals surface area contributed by atoms with Crippen LogP contribution in [0.3, 0.4) is 0 Å². The highest BCUT2D eigenvalue weighted by molar-refractivity contribution is 5.91. The number of fused-ring (bicyclic) bond motifs is 1. The molecular weight excluding hydrogens is 302 g/mol. The molecule has 1 saturated carbocycles. The van der Waals surface area contributed by atoms with Crippen molar-refractivity contribution < 1.29 is 9.84 Å². The van der Waals surface area contributed by atoms with Gasteiger partial charge in [0.15, 0.2) is 0 Å². The molecule has 0 bridgehead atoms. The number of para-hydroxylation sites is 1. The first-order valence-corrected chi connectivity index (χ1v) is 8.90. The molecule has 5 heteroatoms. The Kier molecular flexibility index (Phi) is 3.93. The molecule has 2 heterocycles. The smallest absolute Gasteiger partial charge is 0.139 e. The van der Waals surface area contributed by atoms with Gasteiger partial charge in [0.25, 0.3) is 0 Å². The van der Waals surface area contributed by atoms with Gasteiger partial charge >= 0.3 is 0 Å². The third kappa shape index (κ3) is 2.30. The minimum Gasteiger partial charge on any atom is -0.392 e. The van der Waals surface area contributed by atoms with Crippen LogP contribution in [0.5, 0.6) is 0 Å². The van der Waals surface area contributed by atoms with E-state index in [2.05, 4.69) is 40.0 Å². The summed E-state index contributed by atoms with van der Waals surface area (Å²) in [5.41, 5.74) is 2.15. The first-order chi connectivity index (χ1) is 11.7. The molecule has 24 heavy (non-hydrogen) atoms. The predicted octanol–water partition coefficient (Wildman–Crippen LogP) is 2.69. The lowest BCUT2D eigenvalue weighted by molar-refractivity contribution is -0.199. The highest BCUT2D eigenvalue weighted by atomic mass is 16.5. The Bertz CT molecular complexity index is 738. The summed E-state index contributed by atoms with van der Waals surface area (Å²) in [7, 11) is 0. The Balaban J connectivity index is 1.58. The fourth-order valence-corrected chi connectivity index (χ4v) is 4.43. The van der Waals surface area contributed by atoms with Crippen molar-refractivity contribution in [3.8, 4) is 0 Å². The number of nitrogens with zero attached hydrogens (tertiary/aromatic N) is 3. The lowest BCUT2D eigenvalue weighted by Crippen LogP contribution is -2.62. The van der Waals surface area contributed by atoms with Crippen LogP contribution in [0.1, 0.15) is 31.7 Å². The molecule has 1 aliphatic carbocycles. The molecule has 1 N–H and O–H groups in total. The molecular formula is C19H25N3O2. The second kappa shape index (κ2) is 5.97. The average Bonchev–Trinajstić information content (AvgIpc) is 2.62. The maximum atomic E-state index is 10.4. The third-order valence-electron chi connectivity index (χ3n) is 5.95. The van der Waals surface area contributed by atoms with Gasteiger partial charge in [0, 0.05) is 36.9 Å². The van der Waals surface area contributed by atoms with Crippen molar-refractivity contribution in [2.75, 3.05) is 24.6 Å². The Labute approximate surface area is 142 Å². The minimum absolute atomic E-state index is 0.0503. The van der Waals surface area contributed by atoms with Crippen LogP contribution in [0.25, 0.3) is 10.9 Å². The number of piperidine rings is 1. The van der Waals surface area contributed by atoms with Crippen molar-refractivity contribution >= 4 is 16.7 Å². The molecule has 2 aromatic rings. The molecule has 0 radical (unpaired) electrons. The Morgan fingerprint density at radius 2 is 2.08 bits per heavy atom. The summed E-state index contributed by atoms with van der Waals surface area (Å²) in [5.74, 6) is 1.01. The second-order valence-electron chi connectivity index (χ2n) is 7.08. The number of aromatic nitrogens is 2. The maximum absolute atomic E-state index is 10.4. The van der Waals surface area contributed by atoms with Gasteiger partial charge in [-0.1, -0.05) is 12.1 Å². The molecule has 2 atom stereocenters. The van der Waals surface area contributed by atoms with Crippen LogP contribution in [-0.2, 0) is 4.74 Å². The second-order valence-corrected chi connectivity index (χ2v) is 7.08. The summed E-state index contributed by atoms with van der Waals surface area (Å²) < 4.78 is 5.86. The van der Waals surface area contributed by atoms with E-state index in [1.165, 1.54) is 5.56 Å². The van der Waals surface area contributed by atoms with Crippen LogP contribution in [0.2, 0.25) is 0 Å². The summed E-state index contributed by atoms with van der Waals surface area (Å²) in [6.45, 7) is 6.64. The number of aliphatic hydroxyl groups excluding tert-OH is 1. The van der Waals surface area contributed by atoms with Gasteiger partial charge in [-0.2, -0.15) is 0 Å². The number of ether oxygens (including phenoxy) is 1. The van der Waals surface area contributed by atoms with E-state index < -0.39 is 0 Å². The third-order valence-corrected chi connectivity index (χ3v) is 5.95. The number of anilines is 1. The SMILES string of the molecule is CCO[C@H]1C[C@@H](O)C12CCN(c1ncnc3c(C)cccc13)CC2. The van der Waals surface area contributed by atoms with Crippen LogP contribution in [-0.4, -0.2) is 47.0 Å². The van der Waals surface area contributed by atoms with Gasteiger partial charge < -0.3 is 14.7 Å². The number of aryl methyl sites for hydroxylation is 1. The fraction of sp³-hybridized carbons (Fsp3) is 0.579. The normalized spacial score (nSPS) is 25.9. The van der Waals surface area contributed by atoms with Gasteiger partial charge in [-0.15, -0.1) is 0 Å². The lowest BCUT2D eigenvalue weighted by atomic mass is 9.58. The molecule has 2 fully saturated rings. The van der Waals surface area contributed by atoms with Crippen LogP contribution in [0, 0.1) is 12.3 Å². The predicted molar refractivity (Wildman–Crippen MR) is 94.2 cm³/mol. The van der Waals surface area contributed by atoms with Crippen molar-refractivity contribution in [2.24, 2.45) is 5.41 Å². The molecule has 0 amide bonds. The van der Waals surface area contributed by atoms with E-state index in [0.29, 0.717) is 0 Å². The van der Waals surface area contributed by atoms with Crippen molar-refractivity contribution in [1.29, 1.82) is 0 Å². The van der Waals surface area contributed by atoms with E-state index in [-0.39, 0.29) is 17.6 Å². The lowest BCUT2D eigenvalue weighted by Gasteiger charge is -2.56. The largest absolute Gasteiger partial charge is 0.392 e. The zero-order valence-electron chi connectivity index (χ0n) is 14.4. The van der Waals surface area contributed by atoms with E-state index in [1.807, 2.05) is 6.92 Å². The molecule has 1 saturated heterocycles. The van der Waals surface area contributed by atoms with Gasteiger partial charge in [0.2, 0.25) is 0 Å². The Morgan fingerprint density at radius 3 is 2.79 bits per heavy atom. The molecule has 1 spiro atoms. The highest BCUT2D eigenvalue weighted by Gasteiger charge is 2.56. The van der Waals surface area contributed by atoms with Crippen LogP contribution < -0.4 is 4.90 Å². The summed E-state index contributed by atoms with van der Waals surface area (Å²) >= 11 is 0. The topological polar surface area (TPSA) is 58.5 Å². The standard InChI is InChI=1S/C19H25N3O2/c1-3-24-16-11-15(23)19(16)7-9-22(10-8-19)18-14-6-4-5-13(2)17(14)20-12-21-18/h4-6,12,15-16,23H,3,7-11H2,1-2H3/t15-,16+/m1/s1. The quantitative estimate of drug-likeness (QED) is 0.939. The van der Waals surface area contributed by atoms with E-state index >= 15 is 0 Å². The van der Waals surface area contributed by atoms with Crippen molar-refractivity contribution in [3.63, 3.8) is 0 Å². The van der Waals surface area contributed by atoms with Gasteiger partial charge in [-0.05, 0) is 38.3 Å². The number of hydrogen-bond acceptors (Lipinski definition) is 5. The Morgan fingerprint density at radius 1 is 1.29 bits per heavy atom. The molecule has 128 valence electrons. The molecule has 2 aliphatic rings. The molecule has 1 aromatic carbocycles. The number of aliphatic hydroxyl groups is 1.